The van der Waals surface area contributed by atoms with E-state index in [0.717, 1.165) is 16.4 Å². The number of thioether (sulfide) groups is 1. The van der Waals surface area contributed by atoms with Gasteiger partial charge >= 0.3 is 0 Å². The van der Waals surface area contributed by atoms with Crippen LogP contribution in [0.1, 0.15) is 56.8 Å². The van der Waals surface area contributed by atoms with Gasteiger partial charge in [-0.1, -0.05) is 19.8 Å². The number of aliphatic hydroxyl groups is 1. The first-order chi connectivity index (χ1) is 8.97. The lowest BCUT2D eigenvalue weighted by Crippen LogP contribution is -2.15. The van der Waals surface area contributed by atoms with Crippen LogP contribution < -0.4 is 0 Å². The fourth-order valence-corrected chi connectivity index (χ4v) is 4.44. The fraction of sp³-hybridized carbons (Fsp3) is 0.625. The largest absolute Gasteiger partial charge is 0.389 e. The van der Waals surface area contributed by atoms with E-state index in [2.05, 4.69) is 6.92 Å². The minimum atomic E-state index is -0.612. The van der Waals surface area contributed by atoms with Gasteiger partial charge in [-0.15, -0.1) is 11.8 Å². The zero-order chi connectivity index (χ0) is 14.0. The van der Waals surface area contributed by atoms with E-state index in [-0.39, 0.29) is 5.82 Å². The maximum absolute atomic E-state index is 13.6. The number of aryl methyl sites for hydroxylation is 1. The average Bonchev–Trinajstić information content (AvgIpc) is 2.33. The van der Waals surface area contributed by atoms with Gasteiger partial charge in [0.15, 0.2) is 0 Å². The number of hydrogen-bond acceptors (Lipinski definition) is 2. The summed E-state index contributed by atoms with van der Waals surface area (Å²) in [5.74, 6) is 0.556. The highest BCUT2D eigenvalue weighted by atomic mass is 32.2. The van der Waals surface area contributed by atoms with Gasteiger partial charge in [0.2, 0.25) is 0 Å². The molecule has 0 bridgehead atoms. The van der Waals surface area contributed by atoms with Crippen LogP contribution in [0.5, 0.6) is 0 Å². The monoisotopic (exact) mass is 282 g/mol. The zero-order valence-corrected chi connectivity index (χ0v) is 12.8. The Bertz CT molecular complexity index is 445. The van der Waals surface area contributed by atoms with Crippen molar-refractivity contribution in [2.45, 2.75) is 62.7 Å². The van der Waals surface area contributed by atoms with Gasteiger partial charge in [0.25, 0.3) is 0 Å². The SMILES string of the molecule is Cc1cc(SC2CCCC(C)C2)c(C(C)O)cc1F. The number of halogens is 1. The molecule has 1 saturated carbocycles. The Morgan fingerprint density at radius 1 is 1.37 bits per heavy atom. The van der Waals surface area contributed by atoms with Crippen molar-refractivity contribution in [2.24, 2.45) is 5.92 Å². The van der Waals surface area contributed by atoms with Crippen LogP contribution in [0.25, 0.3) is 0 Å². The average molecular weight is 282 g/mol. The summed E-state index contributed by atoms with van der Waals surface area (Å²) >= 11 is 1.82. The van der Waals surface area contributed by atoms with Gasteiger partial charge in [0, 0.05) is 10.1 Å². The molecule has 1 aromatic rings. The normalized spacial score (nSPS) is 25.3. The Labute approximate surface area is 119 Å². The molecular weight excluding hydrogens is 259 g/mol. The summed E-state index contributed by atoms with van der Waals surface area (Å²) in [5.41, 5.74) is 1.39. The molecule has 0 radical (unpaired) electrons. The van der Waals surface area contributed by atoms with Crippen molar-refractivity contribution in [3.63, 3.8) is 0 Å². The molecule has 3 unspecified atom stereocenters. The summed E-state index contributed by atoms with van der Waals surface area (Å²) in [6.45, 7) is 5.80. The summed E-state index contributed by atoms with van der Waals surface area (Å²) in [4.78, 5) is 1.05. The molecule has 0 heterocycles. The summed E-state index contributed by atoms with van der Waals surface area (Å²) in [5, 5.41) is 10.4. The summed E-state index contributed by atoms with van der Waals surface area (Å²) in [6.07, 6.45) is 4.44. The van der Waals surface area contributed by atoms with Crippen LogP contribution in [-0.2, 0) is 0 Å². The molecule has 0 saturated heterocycles. The second kappa shape index (κ2) is 6.27. The Kier molecular flexibility index (Phi) is 4.91. The molecule has 1 aromatic carbocycles. The van der Waals surface area contributed by atoms with Crippen molar-refractivity contribution in [1.82, 2.24) is 0 Å². The van der Waals surface area contributed by atoms with Crippen molar-refractivity contribution in [3.8, 4) is 0 Å². The van der Waals surface area contributed by atoms with Crippen molar-refractivity contribution in [3.05, 3.63) is 29.1 Å². The second-order valence-electron chi connectivity index (χ2n) is 5.83. The van der Waals surface area contributed by atoms with Gasteiger partial charge in [-0.05, 0) is 55.9 Å². The van der Waals surface area contributed by atoms with Crippen LogP contribution in [0.3, 0.4) is 0 Å². The Balaban J connectivity index is 2.20. The van der Waals surface area contributed by atoms with Gasteiger partial charge in [-0.3, -0.25) is 0 Å². The molecule has 0 aromatic heterocycles. The predicted molar refractivity (Wildman–Crippen MR) is 79.0 cm³/mol. The molecular formula is C16H23FOS. The fourth-order valence-electron chi connectivity index (χ4n) is 2.76. The topological polar surface area (TPSA) is 20.2 Å². The van der Waals surface area contributed by atoms with Crippen LogP contribution in [0.4, 0.5) is 4.39 Å². The number of rotatable bonds is 3. The van der Waals surface area contributed by atoms with E-state index >= 15 is 0 Å². The van der Waals surface area contributed by atoms with Gasteiger partial charge in [-0.25, -0.2) is 4.39 Å². The smallest absolute Gasteiger partial charge is 0.126 e. The van der Waals surface area contributed by atoms with Crippen LogP contribution >= 0.6 is 11.8 Å². The van der Waals surface area contributed by atoms with Crippen molar-refractivity contribution >= 4 is 11.8 Å². The maximum atomic E-state index is 13.6. The van der Waals surface area contributed by atoms with Gasteiger partial charge in [-0.2, -0.15) is 0 Å². The van der Waals surface area contributed by atoms with Crippen molar-refractivity contribution in [2.75, 3.05) is 0 Å². The third-order valence-corrected chi connectivity index (χ3v) is 5.29. The molecule has 0 spiro atoms. The molecule has 1 aliphatic carbocycles. The number of benzene rings is 1. The Morgan fingerprint density at radius 2 is 2.11 bits per heavy atom. The lowest BCUT2D eigenvalue weighted by molar-refractivity contribution is 0.195. The summed E-state index contributed by atoms with van der Waals surface area (Å²) in [7, 11) is 0. The minimum absolute atomic E-state index is 0.225. The molecule has 3 heteroatoms. The van der Waals surface area contributed by atoms with Crippen LogP contribution in [-0.4, -0.2) is 10.4 Å². The van der Waals surface area contributed by atoms with Gasteiger partial charge < -0.3 is 5.11 Å². The zero-order valence-electron chi connectivity index (χ0n) is 11.9. The lowest BCUT2D eigenvalue weighted by Gasteiger charge is -2.27. The van der Waals surface area contributed by atoms with Crippen molar-refractivity contribution in [1.29, 1.82) is 0 Å². The molecule has 3 atom stereocenters. The molecule has 0 amide bonds. The quantitative estimate of drug-likeness (QED) is 0.854. The lowest BCUT2D eigenvalue weighted by atomic mass is 9.91. The molecule has 1 aliphatic rings. The second-order valence-corrected chi connectivity index (χ2v) is 7.17. The Hall–Kier alpha value is -0.540. The molecule has 0 aliphatic heterocycles. The van der Waals surface area contributed by atoms with E-state index in [1.54, 1.807) is 13.8 Å². The summed E-state index contributed by atoms with van der Waals surface area (Å²) in [6, 6.07) is 3.38. The van der Waals surface area contributed by atoms with E-state index in [4.69, 9.17) is 0 Å². The minimum Gasteiger partial charge on any atom is -0.389 e. The molecule has 19 heavy (non-hydrogen) atoms. The number of aliphatic hydroxyl groups excluding tert-OH is 1. The predicted octanol–water partition coefficient (Wildman–Crippen LogP) is 4.86. The van der Waals surface area contributed by atoms with E-state index < -0.39 is 6.10 Å². The van der Waals surface area contributed by atoms with E-state index in [9.17, 15) is 9.50 Å². The summed E-state index contributed by atoms with van der Waals surface area (Å²) < 4.78 is 13.6. The van der Waals surface area contributed by atoms with E-state index in [1.165, 1.54) is 31.7 Å². The van der Waals surface area contributed by atoms with Gasteiger partial charge in [0.1, 0.15) is 5.82 Å². The maximum Gasteiger partial charge on any atom is 0.126 e. The van der Waals surface area contributed by atoms with E-state index in [1.807, 2.05) is 17.8 Å². The Morgan fingerprint density at radius 3 is 2.74 bits per heavy atom. The van der Waals surface area contributed by atoms with Crippen LogP contribution in [0.15, 0.2) is 17.0 Å². The molecule has 1 nitrogen and oxygen atoms in total. The highest BCUT2D eigenvalue weighted by Gasteiger charge is 2.22. The first kappa shape index (κ1) is 14.9. The van der Waals surface area contributed by atoms with Gasteiger partial charge in [0.05, 0.1) is 6.10 Å². The first-order valence-corrected chi connectivity index (χ1v) is 8.00. The molecule has 2 rings (SSSR count). The third-order valence-electron chi connectivity index (χ3n) is 3.92. The van der Waals surface area contributed by atoms with E-state index in [0.29, 0.717) is 10.8 Å². The highest BCUT2D eigenvalue weighted by molar-refractivity contribution is 8.00. The molecule has 106 valence electrons. The van der Waals surface area contributed by atoms with Crippen LogP contribution in [0, 0.1) is 18.7 Å². The van der Waals surface area contributed by atoms with Crippen LogP contribution in [0.2, 0.25) is 0 Å². The van der Waals surface area contributed by atoms with Crippen molar-refractivity contribution < 1.29 is 9.50 Å². The highest BCUT2D eigenvalue weighted by Crippen LogP contribution is 2.39. The standard InChI is InChI=1S/C16H23FOS/c1-10-5-4-6-13(7-10)19-16-8-11(2)15(17)9-14(16)12(3)18/h8-10,12-13,18H,4-7H2,1-3H3. The number of hydrogen-bond donors (Lipinski definition) is 1. The first-order valence-electron chi connectivity index (χ1n) is 7.12. The molecule has 1 N–H and O–H groups in total. The third kappa shape index (κ3) is 3.73. The molecule has 1 fully saturated rings.